The standard InChI is InChI=1S/C17H32N2O4S/c1-5-6-11-19(14-9-12-24(22,23)13-14)15(20)8-7-10-18-16(21)17(2,3)4/h14H,5-13H2,1-4H3,(H,18,21). The summed E-state index contributed by atoms with van der Waals surface area (Å²) in [5, 5.41) is 2.84. The molecule has 1 heterocycles. The lowest BCUT2D eigenvalue weighted by Gasteiger charge is -2.28. The molecule has 6 nitrogen and oxygen atoms in total. The molecule has 1 atom stereocenters. The first-order valence-corrected chi connectivity index (χ1v) is 10.7. The maximum absolute atomic E-state index is 12.5. The fraction of sp³-hybridized carbons (Fsp3) is 0.882. The maximum Gasteiger partial charge on any atom is 0.225 e. The highest BCUT2D eigenvalue weighted by molar-refractivity contribution is 7.91. The van der Waals surface area contributed by atoms with Gasteiger partial charge in [-0.2, -0.15) is 0 Å². The summed E-state index contributed by atoms with van der Waals surface area (Å²) >= 11 is 0. The van der Waals surface area contributed by atoms with Crippen molar-refractivity contribution in [1.82, 2.24) is 10.2 Å². The van der Waals surface area contributed by atoms with Crippen molar-refractivity contribution >= 4 is 21.7 Å². The first-order valence-electron chi connectivity index (χ1n) is 8.85. The monoisotopic (exact) mass is 360 g/mol. The number of carbonyl (C=O) groups is 2. The number of amides is 2. The Kier molecular flexibility index (Phi) is 7.70. The molecule has 1 unspecified atom stereocenters. The minimum Gasteiger partial charge on any atom is -0.356 e. The lowest BCUT2D eigenvalue weighted by atomic mass is 9.96. The Morgan fingerprint density at radius 3 is 2.38 bits per heavy atom. The topological polar surface area (TPSA) is 83.6 Å². The van der Waals surface area contributed by atoms with Crippen LogP contribution in [0.4, 0.5) is 0 Å². The van der Waals surface area contributed by atoms with Crippen molar-refractivity contribution in [3.8, 4) is 0 Å². The first-order chi connectivity index (χ1) is 11.1. The third-order valence-corrected chi connectivity index (χ3v) is 6.01. The quantitative estimate of drug-likeness (QED) is 0.668. The molecule has 0 radical (unpaired) electrons. The third-order valence-electron chi connectivity index (χ3n) is 4.26. The Labute approximate surface area is 146 Å². The van der Waals surface area contributed by atoms with Gasteiger partial charge in [0.05, 0.1) is 11.5 Å². The highest BCUT2D eigenvalue weighted by atomic mass is 32.2. The zero-order valence-electron chi connectivity index (χ0n) is 15.4. The van der Waals surface area contributed by atoms with Gasteiger partial charge in [-0.15, -0.1) is 0 Å². The summed E-state index contributed by atoms with van der Waals surface area (Å²) in [4.78, 5) is 26.0. The van der Waals surface area contributed by atoms with Gasteiger partial charge in [-0.3, -0.25) is 9.59 Å². The average Bonchev–Trinajstić information content (AvgIpc) is 2.82. The summed E-state index contributed by atoms with van der Waals surface area (Å²) in [6.07, 6.45) is 3.29. The molecule has 1 saturated heterocycles. The van der Waals surface area contributed by atoms with Crippen LogP contribution in [0.2, 0.25) is 0 Å². The molecule has 7 heteroatoms. The van der Waals surface area contributed by atoms with Crippen LogP contribution in [0.1, 0.15) is 59.8 Å². The summed E-state index contributed by atoms with van der Waals surface area (Å²) in [6.45, 7) is 8.67. The summed E-state index contributed by atoms with van der Waals surface area (Å²) in [5.41, 5.74) is -0.435. The van der Waals surface area contributed by atoms with Crippen molar-refractivity contribution in [3.05, 3.63) is 0 Å². The second kappa shape index (κ2) is 8.83. The number of nitrogens with zero attached hydrogens (tertiary/aromatic N) is 1. The van der Waals surface area contributed by atoms with Crippen LogP contribution in [-0.4, -0.2) is 55.8 Å². The molecule has 0 aromatic carbocycles. The van der Waals surface area contributed by atoms with Gasteiger partial charge < -0.3 is 10.2 Å². The van der Waals surface area contributed by atoms with Gasteiger partial charge in [0.2, 0.25) is 11.8 Å². The predicted octanol–water partition coefficient (Wildman–Crippen LogP) is 1.74. The molecule has 0 bridgehead atoms. The van der Waals surface area contributed by atoms with Gasteiger partial charge in [0.15, 0.2) is 9.84 Å². The smallest absolute Gasteiger partial charge is 0.225 e. The van der Waals surface area contributed by atoms with E-state index < -0.39 is 15.3 Å². The minimum absolute atomic E-state index is 0.00411. The van der Waals surface area contributed by atoms with Crippen molar-refractivity contribution in [2.24, 2.45) is 5.41 Å². The van der Waals surface area contributed by atoms with E-state index in [0.717, 1.165) is 12.8 Å². The van der Waals surface area contributed by atoms with Gasteiger partial charge in [0.1, 0.15) is 0 Å². The summed E-state index contributed by atoms with van der Waals surface area (Å²) in [7, 11) is -3.00. The van der Waals surface area contributed by atoms with Crippen molar-refractivity contribution in [3.63, 3.8) is 0 Å². The van der Waals surface area contributed by atoms with E-state index in [0.29, 0.717) is 32.4 Å². The molecule has 1 aliphatic rings. The molecule has 0 aliphatic carbocycles. The van der Waals surface area contributed by atoms with E-state index in [1.807, 2.05) is 20.8 Å². The van der Waals surface area contributed by atoms with Crippen LogP contribution in [0.3, 0.4) is 0 Å². The predicted molar refractivity (Wildman–Crippen MR) is 95.4 cm³/mol. The van der Waals surface area contributed by atoms with Crippen LogP contribution in [0.15, 0.2) is 0 Å². The van der Waals surface area contributed by atoms with Crippen LogP contribution >= 0.6 is 0 Å². The Morgan fingerprint density at radius 2 is 1.88 bits per heavy atom. The van der Waals surface area contributed by atoms with Crippen molar-refractivity contribution in [2.75, 3.05) is 24.6 Å². The number of nitrogens with one attached hydrogen (secondary N) is 1. The molecule has 0 aromatic rings. The molecule has 24 heavy (non-hydrogen) atoms. The van der Waals surface area contributed by atoms with E-state index in [4.69, 9.17) is 0 Å². The van der Waals surface area contributed by atoms with Crippen LogP contribution in [-0.2, 0) is 19.4 Å². The molecule has 1 aliphatic heterocycles. The van der Waals surface area contributed by atoms with Gasteiger partial charge in [-0.1, -0.05) is 34.1 Å². The largest absolute Gasteiger partial charge is 0.356 e. The maximum atomic E-state index is 12.5. The number of sulfone groups is 1. The number of carbonyl (C=O) groups excluding carboxylic acids is 2. The number of hydrogen-bond donors (Lipinski definition) is 1. The second-order valence-corrected chi connectivity index (χ2v) is 9.84. The van der Waals surface area contributed by atoms with E-state index in [9.17, 15) is 18.0 Å². The number of rotatable bonds is 8. The van der Waals surface area contributed by atoms with Crippen LogP contribution in [0.25, 0.3) is 0 Å². The Hall–Kier alpha value is -1.11. The van der Waals surface area contributed by atoms with Gasteiger partial charge in [-0.05, 0) is 19.3 Å². The second-order valence-electron chi connectivity index (χ2n) is 7.61. The minimum atomic E-state index is -3.00. The van der Waals surface area contributed by atoms with Gasteiger partial charge in [-0.25, -0.2) is 8.42 Å². The number of unbranched alkanes of at least 4 members (excludes halogenated alkanes) is 1. The molecular formula is C17H32N2O4S. The molecule has 0 saturated carbocycles. The van der Waals surface area contributed by atoms with Crippen LogP contribution in [0.5, 0.6) is 0 Å². The summed E-state index contributed by atoms with van der Waals surface area (Å²) in [5.74, 6) is 0.230. The lowest BCUT2D eigenvalue weighted by molar-refractivity contribution is -0.133. The van der Waals surface area contributed by atoms with E-state index in [2.05, 4.69) is 12.2 Å². The normalized spacial score (nSPS) is 19.9. The van der Waals surface area contributed by atoms with Gasteiger partial charge in [0, 0.05) is 31.0 Å². The first kappa shape index (κ1) is 20.9. The van der Waals surface area contributed by atoms with Crippen molar-refractivity contribution in [2.45, 2.75) is 65.8 Å². The highest BCUT2D eigenvalue weighted by Gasteiger charge is 2.34. The molecule has 2 amide bonds. The van der Waals surface area contributed by atoms with E-state index in [1.54, 1.807) is 4.90 Å². The molecule has 1 fully saturated rings. The fourth-order valence-electron chi connectivity index (χ4n) is 2.71. The molecule has 0 spiro atoms. The lowest BCUT2D eigenvalue weighted by Crippen LogP contribution is -2.42. The Morgan fingerprint density at radius 1 is 1.21 bits per heavy atom. The Bertz CT molecular complexity index is 537. The van der Waals surface area contributed by atoms with Crippen LogP contribution in [0, 0.1) is 5.41 Å². The van der Waals surface area contributed by atoms with E-state index in [-0.39, 0.29) is 29.4 Å². The fourth-order valence-corrected chi connectivity index (χ4v) is 4.44. The SMILES string of the molecule is CCCCN(C(=O)CCCNC(=O)C(C)(C)C)C1CCS(=O)(=O)C1. The van der Waals surface area contributed by atoms with Crippen molar-refractivity contribution in [1.29, 1.82) is 0 Å². The zero-order chi connectivity index (χ0) is 18.4. The molecule has 0 aromatic heterocycles. The third kappa shape index (κ3) is 6.79. The average molecular weight is 361 g/mol. The molecule has 140 valence electrons. The molecular weight excluding hydrogens is 328 g/mol. The summed E-state index contributed by atoms with van der Waals surface area (Å²) < 4.78 is 23.4. The molecule has 1 N–H and O–H groups in total. The number of hydrogen-bond acceptors (Lipinski definition) is 4. The van der Waals surface area contributed by atoms with E-state index in [1.165, 1.54) is 0 Å². The highest BCUT2D eigenvalue weighted by Crippen LogP contribution is 2.19. The Balaban J connectivity index is 2.49. The van der Waals surface area contributed by atoms with Gasteiger partial charge in [0.25, 0.3) is 0 Å². The van der Waals surface area contributed by atoms with Gasteiger partial charge >= 0.3 is 0 Å². The van der Waals surface area contributed by atoms with Crippen molar-refractivity contribution < 1.29 is 18.0 Å². The molecule has 1 rings (SSSR count). The summed E-state index contributed by atoms with van der Waals surface area (Å²) in [6, 6.07) is -0.182. The zero-order valence-corrected chi connectivity index (χ0v) is 16.2. The van der Waals surface area contributed by atoms with Crippen LogP contribution < -0.4 is 5.32 Å². The van der Waals surface area contributed by atoms with E-state index >= 15 is 0 Å².